The van der Waals surface area contributed by atoms with Crippen molar-refractivity contribution in [1.29, 1.82) is 0 Å². The smallest absolute Gasteiger partial charge is 0.305 e. The van der Waals surface area contributed by atoms with E-state index in [1.165, 1.54) is 7.11 Å². The fourth-order valence-corrected chi connectivity index (χ4v) is 3.32. The maximum Gasteiger partial charge on any atom is 0.305 e. The van der Waals surface area contributed by atoms with Gasteiger partial charge in [-0.2, -0.15) is 0 Å². The van der Waals surface area contributed by atoms with Crippen LogP contribution in [0.15, 0.2) is 18.2 Å². The second-order valence-corrected chi connectivity index (χ2v) is 6.65. The minimum absolute atomic E-state index is 0.00199. The number of amides is 1. The zero-order valence-electron chi connectivity index (χ0n) is 15.7. The Kier molecular flexibility index (Phi) is 7.18. The van der Waals surface area contributed by atoms with Gasteiger partial charge in [-0.3, -0.25) is 14.4 Å². The lowest BCUT2D eigenvalue weighted by molar-refractivity contribution is -0.141. The van der Waals surface area contributed by atoms with Gasteiger partial charge in [-0.05, 0) is 49.9 Å². The number of aryl methyl sites for hydroxylation is 1. The molecule has 0 unspecified atom stereocenters. The Labute approximate surface area is 154 Å². The highest BCUT2D eigenvalue weighted by atomic mass is 16.5. The number of rotatable bonds is 7. The van der Waals surface area contributed by atoms with E-state index >= 15 is 0 Å². The minimum Gasteiger partial charge on any atom is -0.497 e. The van der Waals surface area contributed by atoms with Gasteiger partial charge < -0.3 is 14.4 Å². The second-order valence-electron chi connectivity index (χ2n) is 6.65. The highest BCUT2D eigenvalue weighted by molar-refractivity contribution is 5.99. The van der Waals surface area contributed by atoms with E-state index in [1.54, 1.807) is 24.1 Å². The first-order valence-electron chi connectivity index (χ1n) is 8.99. The van der Waals surface area contributed by atoms with Crippen molar-refractivity contribution < 1.29 is 23.9 Å². The van der Waals surface area contributed by atoms with Crippen LogP contribution in [0.25, 0.3) is 0 Å². The van der Waals surface area contributed by atoms with Gasteiger partial charge in [-0.1, -0.05) is 0 Å². The zero-order valence-corrected chi connectivity index (χ0v) is 15.7. The summed E-state index contributed by atoms with van der Waals surface area (Å²) >= 11 is 0. The summed E-state index contributed by atoms with van der Waals surface area (Å²) < 4.78 is 9.77. The number of likely N-dealkylation sites (tertiary alicyclic amines) is 1. The summed E-state index contributed by atoms with van der Waals surface area (Å²) in [4.78, 5) is 38.2. The number of ketones is 1. The van der Waals surface area contributed by atoms with E-state index in [-0.39, 0.29) is 30.0 Å². The molecule has 6 heteroatoms. The summed E-state index contributed by atoms with van der Waals surface area (Å²) in [6.07, 6.45) is 2.61. The van der Waals surface area contributed by atoms with Crippen LogP contribution >= 0.6 is 0 Å². The van der Waals surface area contributed by atoms with Crippen LogP contribution in [0.3, 0.4) is 0 Å². The third-order valence-electron chi connectivity index (χ3n) is 4.84. The van der Waals surface area contributed by atoms with Gasteiger partial charge in [0.25, 0.3) is 0 Å². The molecule has 1 saturated heterocycles. The molecule has 0 aliphatic carbocycles. The number of methoxy groups -OCH3 is 2. The molecule has 1 aromatic carbocycles. The van der Waals surface area contributed by atoms with Crippen molar-refractivity contribution in [3.05, 3.63) is 29.3 Å². The van der Waals surface area contributed by atoms with Gasteiger partial charge in [0.2, 0.25) is 5.91 Å². The van der Waals surface area contributed by atoms with E-state index in [9.17, 15) is 14.4 Å². The molecule has 0 saturated carbocycles. The van der Waals surface area contributed by atoms with Crippen molar-refractivity contribution in [2.75, 3.05) is 27.3 Å². The predicted molar refractivity (Wildman–Crippen MR) is 97.2 cm³/mol. The highest BCUT2D eigenvalue weighted by Crippen LogP contribution is 2.25. The van der Waals surface area contributed by atoms with Gasteiger partial charge in [0.05, 0.1) is 14.2 Å². The van der Waals surface area contributed by atoms with Crippen LogP contribution in [-0.2, 0) is 14.3 Å². The standard InChI is InChI=1S/C20H27NO5/c1-14-12-16(25-2)9-10-17(14)20(24)15-6-5-11-21(13-15)18(22)7-4-8-19(23)26-3/h9-10,12,15H,4-8,11,13H2,1-3H3/t15-/m1/s1. The Morgan fingerprint density at radius 3 is 2.62 bits per heavy atom. The van der Waals surface area contributed by atoms with Gasteiger partial charge in [0, 0.05) is 37.4 Å². The molecule has 26 heavy (non-hydrogen) atoms. The van der Waals surface area contributed by atoms with Crippen LogP contribution in [-0.4, -0.2) is 49.9 Å². The van der Waals surface area contributed by atoms with Gasteiger partial charge in [0.1, 0.15) is 5.75 Å². The van der Waals surface area contributed by atoms with E-state index in [4.69, 9.17) is 4.74 Å². The van der Waals surface area contributed by atoms with Gasteiger partial charge in [-0.15, -0.1) is 0 Å². The summed E-state index contributed by atoms with van der Waals surface area (Å²) in [5, 5.41) is 0. The molecule has 0 N–H and O–H groups in total. The molecule has 1 aromatic rings. The van der Waals surface area contributed by atoms with Crippen molar-refractivity contribution >= 4 is 17.7 Å². The summed E-state index contributed by atoms with van der Waals surface area (Å²) in [6, 6.07) is 5.44. The molecule has 0 spiro atoms. The number of nitrogens with zero attached hydrogens (tertiary/aromatic N) is 1. The van der Waals surface area contributed by atoms with Crippen LogP contribution < -0.4 is 4.74 Å². The lowest BCUT2D eigenvalue weighted by Gasteiger charge is -2.32. The van der Waals surface area contributed by atoms with Crippen LogP contribution in [0, 0.1) is 12.8 Å². The summed E-state index contributed by atoms with van der Waals surface area (Å²) in [5.74, 6) is 0.319. The number of ether oxygens (including phenoxy) is 2. The first-order chi connectivity index (χ1) is 12.5. The molecule has 1 heterocycles. The van der Waals surface area contributed by atoms with E-state index in [2.05, 4.69) is 4.74 Å². The summed E-state index contributed by atoms with van der Waals surface area (Å²) in [7, 11) is 2.94. The maximum atomic E-state index is 12.9. The zero-order chi connectivity index (χ0) is 19.1. The molecule has 142 valence electrons. The Bertz CT molecular complexity index is 670. The van der Waals surface area contributed by atoms with Gasteiger partial charge >= 0.3 is 5.97 Å². The Morgan fingerprint density at radius 1 is 1.19 bits per heavy atom. The average molecular weight is 361 g/mol. The minimum atomic E-state index is -0.306. The van der Waals surface area contributed by atoms with E-state index in [1.807, 2.05) is 13.0 Å². The number of hydrogen-bond acceptors (Lipinski definition) is 5. The SMILES string of the molecule is COC(=O)CCCC(=O)N1CCC[C@@H](C(=O)c2ccc(OC)cc2C)C1. The van der Waals surface area contributed by atoms with Crippen molar-refractivity contribution in [1.82, 2.24) is 4.90 Å². The van der Waals surface area contributed by atoms with Crippen molar-refractivity contribution in [2.24, 2.45) is 5.92 Å². The lowest BCUT2D eigenvalue weighted by atomic mass is 9.88. The van der Waals surface area contributed by atoms with Crippen molar-refractivity contribution in [3.63, 3.8) is 0 Å². The lowest BCUT2D eigenvalue weighted by Crippen LogP contribution is -2.42. The number of carbonyl (C=O) groups is 3. The van der Waals surface area contributed by atoms with Crippen LogP contribution in [0.1, 0.15) is 48.0 Å². The molecule has 0 aromatic heterocycles. The fraction of sp³-hybridized carbons (Fsp3) is 0.550. The first kappa shape index (κ1) is 19.9. The first-order valence-corrected chi connectivity index (χ1v) is 8.99. The fourth-order valence-electron chi connectivity index (χ4n) is 3.32. The van der Waals surface area contributed by atoms with E-state index in [0.29, 0.717) is 31.5 Å². The van der Waals surface area contributed by atoms with Crippen LogP contribution in [0.4, 0.5) is 0 Å². The van der Waals surface area contributed by atoms with Gasteiger partial charge in [-0.25, -0.2) is 0 Å². The number of carbonyl (C=O) groups excluding carboxylic acids is 3. The molecular weight excluding hydrogens is 334 g/mol. The highest BCUT2D eigenvalue weighted by Gasteiger charge is 2.29. The topological polar surface area (TPSA) is 72.9 Å². The summed E-state index contributed by atoms with van der Waals surface area (Å²) in [6.45, 7) is 3.01. The maximum absolute atomic E-state index is 12.9. The monoisotopic (exact) mass is 361 g/mol. The third-order valence-corrected chi connectivity index (χ3v) is 4.84. The van der Waals surface area contributed by atoms with E-state index < -0.39 is 0 Å². The Hall–Kier alpha value is -2.37. The largest absolute Gasteiger partial charge is 0.497 e. The molecule has 2 rings (SSSR count). The van der Waals surface area contributed by atoms with Crippen LogP contribution in [0.2, 0.25) is 0 Å². The van der Waals surface area contributed by atoms with Crippen LogP contribution in [0.5, 0.6) is 5.75 Å². The molecule has 1 atom stereocenters. The molecule has 6 nitrogen and oxygen atoms in total. The molecule has 1 aliphatic rings. The van der Waals surface area contributed by atoms with E-state index in [0.717, 1.165) is 24.2 Å². The third kappa shape index (κ3) is 5.07. The van der Waals surface area contributed by atoms with Crippen molar-refractivity contribution in [3.8, 4) is 5.75 Å². The molecular formula is C20H27NO5. The number of piperidine rings is 1. The predicted octanol–water partition coefficient (Wildman–Crippen LogP) is 2.77. The number of esters is 1. The quantitative estimate of drug-likeness (QED) is 0.551. The normalized spacial score (nSPS) is 16.9. The molecule has 1 amide bonds. The van der Waals surface area contributed by atoms with Gasteiger partial charge in [0.15, 0.2) is 5.78 Å². The number of hydrogen-bond donors (Lipinski definition) is 0. The van der Waals surface area contributed by atoms with Crippen molar-refractivity contribution in [2.45, 2.75) is 39.0 Å². The summed E-state index contributed by atoms with van der Waals surface area (Å²) in [5.41, 5.74) is 1.58. The number of Topliss-reactive ketones (excluding diaryl/α,β-unsaturated/α-hetero) is 1. The Balaban J connectivity index is 1.95. The number of benzene rings is 1. The Morgan fingerprint density at radius 2 is 1.96 bits per heavy atom. The molecule has 1 aliphatic heterocycles. The molecule has 0 radical (unpaired) electrons. The molecule has 1 fully saturated rings. The molecule has 0 bridgehead atoms. The average Bonchev–Trinajstić information content (AvgIpc) is 2.67. The second kappa shape index (κ2) is 9.36.